The van der Waals surface area contributed by atoms with Crippen molar-refractivity contribution in [1.29, 1.82) is 0 Å². The normalized spacial score (nSPS) is 15.6. The van der Waals surface area contributed by atoms with Crippen molar-refractivity contribution in [3.8, 4) is 28.7 Å². The molecule has 1 saturated carbocycles. The van der Waals surface area contributed by atoms with Crippen molar-refractivity contribution in [2.24, 2.45) is 17.8 Å². The van der Waals surface area contributed by atoms with Crippen molar-refractivity contribution in [2.75, 3.05) is 46.8 Å². The molecule has 5 aromatic rings. The number of sulfonamides is 1. The molecule has 0 aromatic heterocycles. The molecular weight excluding hydrogens is 1500 g/mol. The van der Waals surface area contributed by atoms with Crippen LogP contribution in [0.25, 0.3) is 0 Å². The van der Waals surface area contributed by atoms with E-state index in [1.807, 2.05) is 19.1 Å². The fourth-order valence-electron chi connectivity index (χ4n) is 7.20. The molecule has 1 aliphatic carbocycles. The lowest BCUT2D eigenvalue weighted by molar-refractivity contribution is -0.153. The quantitative estimate of drug-likeness (QED) is 0.0259. The van der Waals surface area contributed by atoms with Crippen LogP contribution in [0.1, 0.15) is 40.0 Å². The topological polar surface area (TPSA) is 307 Å². The Balaban J connectivity index is 0.000000371. The minimum absolute atomic E-state index is 0.0256. The highest BCUT2D eigenvalue weighted by Crippen LogP contribution is 2.35. The van der Waals surface area contributed by atoms with Gasteiger partial charge in [-0.25, -0.2) is 45.9 Å². The number of rotatable bonds is 29. The summed E-state index contributed by atoms with van der Waals surface area (Å²) in [6, 6.07) is 34.1. The molecule has 0 heterocycles. The summed E-state index contributed by atoms with van der Waals surface area (Å²) in [4.78, 5) is 55.0. The first-order valence-electron chi connectivity index (χ1n) is 26.0. The van der Waals surface area contributed by atoms with E-state index in [1.54, 1.807) is 111 Å². The Morgan fingerprint density at radius 1 is 0.517 bits per heavy atom. The van der Waals surface area contributed by atoms with Crippen LogP contribution in [-0.4, -0.2) is 154 Å². The number of carboxylic acids is 5. The summed E-state index contributed by atoms with van der Waals surface area (Å²) in [5.41, 5.74) is 0. The molecule has 7 atom stereocenters. The Labute approximate surface area is 545 Å². The molecule has 0 saturated heterocycles. The number of alkyl halides is 2. The Kier molecular flexibility index (Phi) is 36.5. The second-order valence-electron chi connectivity index (χ2n) is 18.7. The number of carbonyl (C=O) groups is 5. The van der Waals surface area contributed by atoms with Crippen LogP contribution in [0.3, 0.4) is 0 Å². The Bertz CT molecular complexity index is 2880. The molecule has 480 valence electrons. The lowest BCUT2D eigenvalue weighted by Crippen LogP contribution is -2.45. The van der Waals surface area contributed by atoms with E-state index < -0.39 is 83.2 Å². The summed E-state index contributed by atoms with van der Waals surface area (Å²) in [7, 11) is -0.379. The van der Waals surface area contributed by atoms with Gasteiger partial charge in [0.1, 0.15) is 28.7 Å². The van der Waals surface area contributed by atoms with Crippen LogP contribution in [0.15, 0.2) is 144 Å². The van der Waals surface area contributed by atoms with Crippen molar-refractivity contribution in [3.05, 3.63) is 144 Å². The Morgan fingerprint density at radius 3 is 1.09 bits per heavy atom. The first kappa shape index (κ1) is 77.6. The van der Waals surface area contributed by atoms with E-state index in [2.05, 4.69) is 84.4 Å². The average molecular weight is 1570 g/mol. The van der Waals surface area contributed by atoms with Gasteiger partial charge in [0, 0.05) is 60.9 Å². The number of benzene rings is 5. The minimum atomic E-state index is -3.45. The fraction of sp³-hybridized carbons (Fsp3) is 0.397. The Hall–Kier alpha value is -5.50. The number of methoxy groups -OCH3 is 2. The molecule has 21 nitrogen and oxygen atoms in total. The van der Waals surface area contributed by atoms with Crippen molar-refractivity contribution in [2.45, 2.75) is 83.1 Å². The summed E-state index contributed by atoms with van der Waals surface area (Å²) in [5, 5.41) is 45.0. The summed E-state index contributed by atoms with van der Waals surface area (Å²) in [5.74, 6) is -3.71. The second-order valence-corrected chi connectivity index (χ2v) is 25.1. The molecule has 6 rings (SSSR count). The molecule has 5 aromatic carbocycles. The predicted octanol–water partition coefficient (Wildman–Crippen LogP) is 12.0. The summed E-state index contributed by atoms with van der Waals surface area (Å²) < 4.78 is 94.3. The van der Waals surface area contributed by atoms with Gasteiger partial charge in [-0.3, -0.25) is 0 Å². The van der Waals surface area contributed by atoms with E-state index in [-0.39, 0.29) is 36.2 Å². The number of ether oxygens (including phenoxy) is 8. The minimum Gasteiger partial charge on any atom is -0.479 e. The van der Waals surface area contributed by atoms with Crippen molar-refractivity contribution < 1.29 is 105 Å². The van der Waals surface area contributed by atoms with Gasteiger partial charge in [-0.15, -0.1) is 0 Å². The number of halogens is 7. The molecule has 7 unspecified atom stereocenters. The maximum Gasteiger partial charge on any atom is 0.346 e. The van der Waals surface area contributed by atoms with Crippen LogP contribution < -0.4 is 28.4 Å². The predicted molar refractivity (Wildman–Crippen MR) is 335 cm³/mol. The zero-order valence-electron chi connectivity index (χ0n) is 47.7. The molecule has 0 radical (unpaired) electrons. The van der Waals surface area contributed by atoms with Crippen molar-refractivity contribution >= 4 is 120 Å². The molecule has 1 aliphatic rings. The van der Waals surface area contributed by atoms with Gasteiger partial charge in [0.2, 0.25) is 28.7 Å². The molecular formula is C58H68Br5F2NO20S. The van der Waals surface area contributed by atoms with Gasteiger partial charge in [0.25, 0.3) is 0 Å². The molecule has 6 N–H and O–H groups in total. The van der Waals surface area contributed by atoms with Crippen LogP contribution in [0.2, 0.25) is 0 Å². The number of aliphatic carboxylic acids is 5. The van der Waals surface area contributed by atoms with Crippen LogP contribution >= 0.6 is 79.6 Å². The molecule has 87 heavy (non-hydrogen) atoms. The van der Waals surface area contributed by atoms with Crippen molar-refractivity contribution in [1.82, 2.24) is 4.72 Å². The molecule has 0 amide bonds. The average Bonchev–Trinajstić information content (AvgIpc) is 3.65. The molecule has 0 bridgehead atoms. The van der Waals surface area contributed by atoms with Crippen LogP contribution in [0.5, 0.6) is 28.7 Å². The molecule has 1 fully saturated rings. The number of hydrogen-bond donors (Lipinski definition) is 6. The van der Waals surface area contributed by atoms with E-state index in [4.69, 9.17) is 58.3 Å². The van der Waals surface area contributed by atoms with Gasteiger partial charge in [0.15, 0.2) is 18.3 Å². The number of carboxylic acid groups (broad SMARTS) is 5. The fourth-order valence-corrected chi connectivity index (χ4v) is 8.97. The second kappa shape index (κ2) is 40.9. The molecule has 29 heteroatoms. The Morgan fingerprint density at radius 2 is 0.828 bits per heavy atom. The third-order valence-electron chi connectivity index (χ3n) is 11.5. The summed E-state index contributed by atoms with van der Waals surface area (Å²) in [6.45, 7) is 6.52. The third-order valence-corrected chi connectivity index (χ3v) is 14.8. The van der Waals surface area contributed by atoms with E-state index in [1.165, 1.54) is 26.4 Å². The SMILES string of the molecule is CCOC1CC(C(Oc2ccc(Br)cc2)C(=O)O)C1.COCC(C)C(Oc1ccc(Br)cc1)C(=O)O.COCC(C)C(Oc1ccc(Br)cc1)C(=O)O.CS(=O)(=O)NCC(Oc1ccc(Br)cc1)C(=O)O.O=C(O)C(CC(F)F)Oc1ccc(Br)cc1. The summed E-state index contributed by atoms with van der Waals surface area (Å²) >= 11 is 16.4. The zero-order chi connectivity index (χ0) is 65.4. The first-order chi connectivity index (χ1) is 40.9. The van der Waals surface area contributed by atoms with Gasteiger partial charge in [-0.2, -0.15) is 0 Å². The number of nitrogens with one attached hydrogen (secondary N) is 1. The third kappa shape index (κ3) is 32.5. The highest BCUT2D eigenvalue weighted by Gasteiger charge is 2.41. The molecule has 0 aliphatic heterocycles. The van der Waals surface area contributed by atoms with Gasteiger partial charge < -0.3 is 63.4 Å². The zero-order valence-corrected chi connectivity index (χ0v) is 56.4. The van der Waals surface area contributed by atoms with Gasteiger partial charge in [-0.1, -0.05) is 93.5 Å². The lowest BCUT2D eigenvalue weighted by Gasteiger charge is -2.38. The highest BCUT2D eigenvalue weighted by molar-refractivity contribution is 9.11. The maximum atomic E-state index is 12.1. The summed E-state index contributed by atoms with van der Waals surface area (Å²) in [6.07, 6.45) is -6.31. The van der Waals surface area contributed by atoms with Gasteiger partial charge >= 0.3 is 29.8 Å². The monoisotopic (exact) mass is 1560 g/mol. The van der Waals surface area contributed by atoms with E-state index in [9.17, 15) is 46.3 Å². The van der Waals surface area contributed by atoms with Crippen LogP contribution in [0.4, 0.5) is 8.78 Å². The van der Waals surface area contributed by atoms with E-state index in [0.717, 1.165) is 41.5 Å². The largest absolute Gasteiger partial charge is 0.479 e. The lowest BCUT2D eigenvalue weighted by atomic mass is 9.78. The highest BCUT2D eigenvalue weighted by atomic mass is 79.9. The first-order valence-corrected chi connectivity index (χ1v) is 31.9. The van der Waals surface area contributed by atoms with Gasteiger partial charge in [0.05, 0.1) is 38.5 Å². The van der Waals surface area contributed by atoms with Gasteiger partial charge in [-0.05, 0) is 141 Å². The molecule has 0 spiro atoms. The maximum absolute atomic E-state index is 12.1. The van der Waals surface area contributed by atoms with Crippen LogP contribution in [0, 0.1) is 17.8 Å². The standard InChI is InChI=1S/C14H17BrO4.2C12H15BrO4.C10H9BrF2O3.C10H12BrNO5S/c1-2-18-12-7-9(8-12)13(14(16)17)19-11-5-3-10(15)4-6-11;2*1-8(7-16-2)11(12(14)15)17-10-5-3-9(13)4-6-10;11-6-1-3-7(4-2-6)16-8(10(14)15)5-9(12)13;1-18(15,16)12-6-9(10(13)14)17-8-4-2-7(11)3-5-8/h3-6,9,12-13H,2,7-8H2,1H3,(H,16,17);2*3-6,8,11H,7H2,1-2H3,(H,14,15);1-4,8-9H,5H2,(H,14,15);2-5,9,12H,6H2,1H3,(H,13,14). The smallest absolute Gasteiger partial charge is 0.346 e. The van der Waals surface area contributed by atoms with Crippen molar-refractivity contribution in [3.63, 3.8) is 0 Å². The van der Waals surface area contributed by atoms with E-state index >= 15 is 0 Å². The number of hydrogen-bond acceptors (Lipinski definition) is 15. The van der Waals surface area contributed by atoms with E-state index in [0.29, 0.717) is 42.8 Å². The van der Waals surface area contributed by atoms with Crippen LogP contribution in [-0.2, 0) is 48.2 Å².